The fourth-order valence-corrected chi connectivity index (χ4v) is 9.76. The van der Waals surface area contributed by atoms with Crippen LogP contribution in [-0.2, 0) is 31.9 Å². The Morgan fingerprint density at radius 3 is 2.22 bits per heavy atom. The van der Waals surface area contributed by atoms with E-state index in [1.807, 2.05) is 30.3 Å². The summed E-state index contributed by atoms with van der Waals surface area (Å²) >= 11 is 0. The largest absolute Gasteiger partial charge is 0.501 e. The van der Waals surface area contributed by atoms with E-state index in [9.17, 15) is 0 Å². The molecule has 0 N–H and O–H groups in total. The van der Waals surface area contributed by atoms with E-state index in [4.69, 9.17) is 14.4 Å². The summed E-state index contributed by atoms with van der Waals surface area (Å²) in [7, 11) is -1.35. The third-order valence-corrected chi connectivity index (χ3v) is 13.0. The number of pyridine rings is 1. The van der Waals surface area contributed by atoms with Gasteiger partial charge in [0.2, 0.25) is 0 Å². The number of imidazole rings is 1. The first-order chi connectivity index (χ1) is 28.3. The Morgan fingerprint density at radius 1 is 0.767 bits per heavy atom. The number of fused-ring (bicyclic) bond motifs is 4. The summed E-state index contributed by atoms with van der Waals surface area (Å²) in [4.78, 5) is 9.94. The molecule has 0 atom stereocenters. The van der Waals surface area contributed by atoms with Gasteiger partial charge in [0.15, 0.2) is 0 Å². The summed E-state index contributed by atoms with van der Waals surface area (Å²) in [6, 6.07) is 53.2. The van der Waals surface area contributed by atoms with Crippen LogP contribution in [-0.4, -0.2) is 22.6 Å². The Kier molecular flexibility index (Phi) is 12.3. The van der Waals surface area contributed by atoms with Crippen LogP contribution in [0, 0.1) is 25.0 Å². The van der Waals surface area contributed by atoms with Crippen LogP contribution in [0.5, 0.6) is 0 Å². The minimum atomic E-state index is -1.35. The maximum atomic E-state index is 6.45. The van der Waals surface area contributed by atoms with E-state index >= 15 is 0 Å². The van der Waals surface area contributed by atoms with Gasteiger partial charge in [-0.1, -0.05) is 163 Å². The molecule has 0 amide bonds. The summed E-state index contributed by atoms with van der Waals surface area (Å²) in [5, 5.41) is 3.66. The van der Waals surface area contributed by atoms with Crippen LogP contribution in [0.1, 0.15) is 51.3 Å². The second-order valence-electron chi connectivity index (χ2n) is 18.1. The van der Waals surface area contributed by atoms with Crippen molar-refractivity contribution in [3.05, 3.63) is 168 Å². The van der Waals surface area contributed by atoms with E-state index in [1.54, 1.807) is 0 Å². The number of hydrogen-bond donors (Lipinski definition) is 0. The molecule has 0 bridgehead atoms. The fraction of sp³-hybridized carbons (Fsp3) is 0.222. The molecule has 9 rings (SSSR count). The van der Waals surface area contributed by atoms with Crippen molar-refractivity contribution < 1.29 is 24.5 Å². The normalized spacial score (nSPS) is 11.8. The number of para-hydroxylation sites is 4. The number of benzene rings is 6. The summed E-state index contributed by atoms with van der Waals surface area (Å²) < 4.78 is 8.77. The smallest absolute Gasteiger partial charge is 0.120 e. The standard InChI is InChI=1S/C35H27N2O.C19H26NSi.Ir/c1-35(2,3)28-19-12-16-24(23-13-5-4-6-14-23)32(28)37-30-21-9-8-20-29(30)36-34(37)27-18-11-17-26-25-15-7-10-22-31(25)38-33(26)27;1-14(2)10-17-12-18(16-9-7-8-15(3)11-16)20-13-19(17)21(4,5)6;/h4-17,19-22H,1-3H3;7-8,11-14H,10H2,1-6H3;/q2*-1;. The molecule has 0 aliphatic heterocycles. The first kappa shape index (κ1) is 42.7. The van der Waals surface area contributed by atoms with Crippen LogP contribution in [0.2, 0.25) is 19.6 Å². The quantitative estimate of drug-likeness (QED) is 0.118. The average Bonchev–Trinajstić information content (AvgIpc) is 3.79. The summed E-state index contributed by atoms with van der Waals surface area (Å²) in [5.74, 6) is 1.49. The van der Waals surface area contributed by atoms with Crippen LogP contribution >= 0.6 is 0 Å². The van der Waals surface area contributed by atoms with E-state index in [-0.39, 0.29) is 25.5 Å². The Morgan fingerprint density at radius 2 is 1.48 bits per heavy atom. The molecule has 0 fully saturated rings. The van der Waals surface area contributed by atoms with Crippen molar-refractivity contribution in [3.8, 4) is 39.5 Å². The first-order valence-electron chi connectivity index (χ1n) is 20.7. The molecular formula is C54H53IrN3OSi-2. The van der Waals surface area contributed by atoms with Crippen LogP contribution in [0.3, 0.4) is 0 Å². The summed E-state index contributed by atoms with van der Waals surface area (Å²) in [6.45, 7) is 20.7. The minimum Gasteiger partial charge on any atom is -0.501 e. The summed E-state index contributed by atoms with van der Waals surface area (Å²) in [6.07, 6.45) is 3.25. The predicted molar refractivity (Wildman–Crippen MR) is 252 cm³/mol. The van der Waals surface area contributed by atoms with Gasteiger partial charge in [0.05, 0.1) is 36.2 Å². The van der Waals surface area contributed by atoms with Crippen LogP contribution in [0.15, 0.2) is 144 Å². The molecule has 0 unspecified atom stereocenters. The van der Waals surface area contributed by atoms with E-state index < -0.39 is 8.07 Å². The number of aromatic nitrogens is 3. The van der Waals surface area contributed by atoms with Crippen LogP contribution in [0.4, 0.5) is 0 Å². The Balaban J connectivity index is 0.000000212. The third kappa shape index (κ3) is 8.60. The number of hydrogen-bond acceptors (Lipinski definition) is 3. The molecule has 0 saturated carbocycles. The minimum absolute atomic E-state index is 0. The maximum Gasteiger partial charge on any atom is 0.120 e. The number of aryl methyl sites for hydroxylation is 1. The van der Waals surface area contributed by atoms with Crippen molar-refractivity contribution in [1.82, 2.24) is 14.5 Å². The van der Waals surface area contributed by atoms with Crippen molar-refractivity contribution in [2.45, 2.75) is 73.0 Å². The van der Waals surface area contributed by atoms with Crippen molar-refractivity contribution >= 4 is 46.2 Å². The first-order valence-corrected chi connectivity index (χ1v) is 24.2. The molecule has 9 aromatic rings. The molecule has 4 nitrogen and oxygen atoms in total. The second kappa shape index (κ2) is 17.3. The van der Waals surface area contributed by atoms with Crippen molar-refractivity contribution in [1.29, 1.82) is 0 Å². The molecule has 3 heterocycles. The van der Waals surface area contributed by atoms with Crippen LogP contribution in [0.25, 0.3) is 72.4 Å². The van der Waals surface area contributed by atoms with Gasteiger partial charge >= 0.3 is 0 Å². The van der Waals surface area contributed by atoms with Gasteiger partial charge in [-0.3, -0.25) is 4.98 Å². The van der Waals surface area contributed by atoms with Crippen molar-refractivity contribution in [2.75, 3.05) is 0 Å². The predicted octanol–water partition coefficient (Wildman–Crippen LogP) is 14.0. The zero-order valence-corrected chi connectivity index (χ0v) is 39.5. The molecular weight excluding hydrogens is 927 g/mol. The molecule has 0 spiro atoms. The van der Waals surface area contributed by atoms with Gasteiger partial charge in [-0.15, -0.1) is 53.6 Å². The molecule has 305 valence electrons. The van der Waals surface area contributed by atoms with Gasteiger partial charge in [0.25, 0.3) is 0 Å². The third-order valence-electron chi connectivity index (χ3n) is 10.9. The van der Waals surface area contributed by atoms with Gasteiger partial charge in [-0.05, 0) is 58.0 Å². The molecule has 0 aliphatic rings. The Labute approximate surface area is 370 Å². The fourth-order valence-electron chi connectivity index (χ4n) is 8.17. The van der Waals surface area contributed by atoms with Gasteiger partial charge in [-0.2, -0.15) is 0 Å². The number of furan rings is 1. The molecule has 0 saturated heterocycles. The zero-order chi connectivity index (χ0) is 41.5. The van der Waals surface area contributed by atoms with Crippen molar-refractivity contribution in [3.63, 3.8) is 0 Å². The molecule has 3 aromatic heterocycles. The molecule has 6 aromatic carbocycles. The Bertz CT molecular complexity index is 2930. The van der Waals surface area contributed by atoms with E-state index in [0.717, 1.165) is 67.7 Å². The SMILES string of the molecule is CC(C)(C)c1cccc(-c2ccccc2)c1-n1c(-c2[c-]ccc3c2oc2ccccc23)nc2ccccc21.Cc1cc[c-]c(-c2cc(CC(C)C)c([Si](C)(C)C)cn2)c1.[Ir]. The van der Waals surface area contributed by atoms with Gasteiger partial charge in [-0.25, -0.2) is 0 Å². The average molecular weight is 980 g/mol. The van der Waals surface area contributed by atoms with E-state index in [1.165, 1.54) is 33.0 Å². The van der Waals surface area contributed by atoms with Gasteiger partial charge in [0.1, 0.15) is 5.58 Å². The number of rotatable bonds is 7. The molecule has 0 aliphatic carbocycles. The van der Waals surface area contributed by atoms with Gasteiger partial charge in [0, 0.05) is 37.3 Å². The number of nitrogens with zero attached hydrogens (tertiary/aromatic N) is 3. The van der Waals surface area contributed by atoms with E-state index in [2.05, 4.69) is 187 Å². The van der Waals surface area contributed by atoms with Gasteiger partial charge < -0.3 is 14.0 Å². The second-order valence-corrected chi connectivity index (χ2v) is 23.2. The Hall–Kier alpha value is -5.39. The summed E-state index contributed by atoms with van der Waals surface area (Å²) in [5.41, 5.74) is 14.0. The monoisotopic (exact) mass is 980 g/mol. The maximum absolute atomic E-state index is 6.45. The zero-order valence-electron chi connectivity index (χ0n) is 36.1. The molecule has 6 heteroatoms. The molecule has 1 radical (unpaired) electrons. The molecule has 60 heavy (non-hydrogen) atoms. The van der Waals surface area contributed by atoms with Crippen LogP contribution < -0.4 is 5.19 Å². The van der Waals surface area contributed by atoms with Crippen molar-refractivity contribution in [2.24, 2.45) is 5.92 Å². The van der Waals surface area contributed by atoms with E-state index in [0.29, 0.717) is 5.92 Å². The topological polar surface area (TPSA) is 43.9 Å².